The minimum absolute atomic E-state index is 0.115. The summed E-state index contributed by atoms with van der Waals surface area (Å²) in [6.07, 6.45) is 0.898. The molecule has 1 unspecified atom stereocenters. The normalized spacial score (nSPS) is 12.2. The highest BCUT2D eigenvalue weighted by Gasteiger charge is 2.11. The van der Waals surface area contributed by atoms with Crippen molar-refractivity contribution in [2.24, 2.45) is 0 Å². The van der Waals surface area contributed by atoms with Gasteiger partial charge in [0, 0.05) is 4.47 Å². The summed E-state index contributed by atoms with van der Waals surface area (Å²) in [5.74, 6) is -0.207. The number of anilines is 1. The topological polar surface area (TPSA) is 12.0 Å². The molecule has 100 valence electrons. The van der Waals surface area contributed by atoms with Crippen LogP contribution in [0.25, 0.3) is 0 Å². The van der Waals surface area contributed by atoms with Crippen LogP contribution in [0.3, 0.4) is 0 Å². The van der Waals surface area contributed by atoms with Crippen LogP contribution in [0.5, 0.6) is 0 Å². The van der Waals surface area contributed by atoms with Crippen LogP contribution in [0, 0.1) is 12.7 Å². The van der Waals surface area contributed by atoms with Crippen LogP contribution in [0.2, 0.25) is 0 Å². The van der Waals surface area contributed by atoms with Gasteiger partial charge in [0.05, 0.1) is 11.7 Å². The van der Waals surface area contributed by atoms with Crippen LogP contribution in [-0.2, 0) is 0 Å². The molecule has 1 atom stereocenters. The summed E-state index contributed by atoms with van der Waals surface area (Å²) in [6, 6.07) is 13.4. The molecule has 0 amide bonds. The largest absolute Gasteiger partial charge is 0.376 e. The van der Waals surface area contributed by atoms with Crippen molar-refractivity contribution in [3.8, 4) is 0 Å². The van der Waals surface area contributed by atoms with Gasteiger partial charge in [-0.05, 0) is 48.7 Å². The van der Waals surface area contributed by atoms with E-state index in [0.717, 1.165) is 22.0 Å². The standard InChI is InChI=1S/C16H17BrFN/c1-3-15(12-5-7-13(17)8-6-12)19-16-10-11(2)4-9-14(16)18/h4-10,15,19H,3H2,1-2H3. The third kappa shape index (κ3) is 3.57. The van der Waals surface area contributed by atoms with Gasteiger partial charge in [-0.1, -0.05) is 41.1 Å². The first-order valence-corrected chi connectivity index (χ1v) is 7.17. The minimum Gasteiger partial charge on any atom is -0.376 e. The Morgan fingerprint density at radius 2 is 1.84 bits per heavy atom. The number of nitrogens with one attached hydrogen (secondary N) is 1. The summed E-state index contributed by atoms with van der Waals surface area (Å²) in [5.41, 5.74) is 2.77. The van der Waals surface area contributed by atoms with E-state index in [1.165, 1.54) is 6.07 Å². The Kier molecular flexibility index (Phi) is 4.59. The molecule has 0 spiro atoms. The third-order valence-corrected chi connectivity index (χ3v) is 3.66. The van der Waals surface area contributed by atoms with E-state index < -0.39 is 0 Å². The molecule has 0 aromatic heterocycles. The lowest BCUT2D eigenvalue weighted by Gasteiger charge is -2.19. The van der Waals surface area contributed by atoms with Gasteiger partial charge in [0.1, 0.15) is 5.82 Å². The number of hydrogen-bond acceptors (Lipinski definition) is 1. The van der Waals surface area contributed by atoms with Gasteiger partial charge in [0.25, 0.3) is 0 Å². The highest BCUT2D eigenvalue weighted by Crippen LogP contribution is 2.26. The van der Waals surface area contributed by atoms with Crippen LogP contribution in [0.15, 0.2) is 46.9 Å². The molecule has 2 aromatic carbocycles. The Hall–Kier alpha value is -1.35. The number of aryl methyl sites for hydroxylation is 1. The maximum atomic E-state index is 13.8. The van der Waals surface area contributed by atoms with Crippen LogP contribution < -0.4 is 5.32 Å². The lowest BCUT2D eigenvalue weighted by molar-refractivity contribution is 0.623. The van der Waals surface area contributed by atoms with Gasteiger partial charge in [0.15, 0.2) is 0 Å². The van der Waals surface area contributed by atoms with Crippen LogP contribution in [-0.4, -0.2) is 0 Å². The Bertz CT molecular complexity index is 551. The van der Waals surface area contributed by atoms with Crippen molar-refractivity contribution in [3.05, 3.63) is 63.9 Å². The highest BCUT2D eigenvalue weighted by molar-refractivity contribution is 9.10. The fourth-order valence-corrected chi connectivity index (χ4v) is 2.32. The predicted octanol–water partition coefficient (Wildman–Crippen LogP) is 5.46. The van der Waals surface area contributed by atoms with Crippen molar-refractivity contribution in [3.63, 3.8) is 0 Å². The molecule has 0 fully saturated rings. The number of hydrogen-bond donors (Lipinski definition) is 1. The molecule has 19 heavy (non-hydrogen) atoms. The Morgan fingerprint density at radius 3 is 2.47 bits per heavy atom. The van der Waals surface area contributed by atoms with Crippen molar-refractivity contribution < 1.29 is 4.39 Å². The maximum absolute atomic E-state index is 13.8. The van der Waals surface area contributed by atoms with Crippen molar-refractivity contribution in [2.75, 3.05) is 5.32 Å². The summed E-state index contributed by atoms with van der Waals surface area (Å²) >= 11 is 3.42. The second-order valence-corrected chi connectivity index (χ2v) is 5.56. The van der Waals surface area contributed by atoms with E-state index in [4.69, 9.17) is 0 Å². The van der Waals surface area contributed by atoms with E-state index in [0.29, 0.717) is 5.69 Å². The smallest absolute Gasteiger partial charge is 0.146 e. The summed E-state index contributed by atoms with van der Waals surface area (Å²) in [7, 11) is 0. The maximum Gasteiger partial charge on any atom is 0.146 e. The van der Waals surface area contributed by atoms with E-state index in [1.54, 1.807) is 6.07 Å². The van der Waals surface area contributed by atoms with E-state index >= 15 is 0 Å². The summed E-state index contributed by atoms with van der Waals surface area (Å²) in [5, 5.41) is 3.28. The molecule has 0 aliphatic heterocycles. The van der Waals surface area contributed by atoms with E-state index in [1.807, 2.05) is 25.1 Å². The molecule has 2 aromatic rings. The van der Waals surface area contributed by atoms with Gasteiger partial charge in [-0.25, -0.2) is 4.39 Å². The summed E-state index contributed by atoms with van der Waals surface area (Å²) in [4.78, 5) is 0. The molecule has 2 rings (SSSR count). The van der Waals surface area contributed by atoms with Crippen molar-refractivity contribution >= 4 is 21.6 Å². The SMILES string of the molecule is CCC(Nc1cc(C)ccc1F)c1ccc(Br)cc1. The monoisotopic (exact) mass is 321 g/mol. The Labute approximate surface area is 122 Å². The second kappa shape index (κ2) is 6.20. The second-order valence-electron chi connectivity index (χ2n) is 4.64. The molecular formula is C16H17BrFN. The first kappa shape index (κ1) is 14.1. The molecular weight excluding hydrogens is 305 g/mol. The van der Waals surface area contributed by atoms with Gasteiger partial charge in [-0.3, -0.25) is 0 Å². The van der Waals surface area contributed by atoms with Gasteiger partial charge in [-0.2, -0.15) is 0 Å². The van der Waals surface area contributed by atoms with Gasteiger partial charge < -0.3 is 5.32 Å². The molecule has 0 bridgehead atoms. The van der Waals surface area contributed by atoms with Crippen LogP contribution in [0.1, 0.15) is 30.5 Å². The third-order valence-electron chi connectivity index (χ3n) is 3.13. The first-order chi connectivity index (χ1) is 9.10. The van der Waals surface area contributed by atoms with E-state index in [2.05, 4.69) is 40.3 Å². The lowest BCUT2D eigenvalue weighted by atomic mass is 10.0. The van der Waals surface area contributed by atoms with Gasteiger partial charge in [0.2, 0.25) is 0 Å². The molecule has 0 aliphatic carbocycles. The average molecular weight is 322 g/mol. The van der Waals surface area contributed by atoms with Gasteiger partial charge in [-0.15, -0.1) is 0 Å². The molecule has 3 heteroatoms. The molecule has 1 nitrogen and oxygen atoms in total. The average Bonchev–Trinajstić information content (AvgIpc) is 2.41. The van der Waals surface area contributed by atoms with Crippen molar-refractivity contribution in [1.29, 1.82) is 0 Å². The zero-order chi connectivity index (χ0) is 13.8. The first-order valence-electron chi connectivity index (χ1n) is 6.38. The zero-order valence-electron chi connectivity index (χ0n) is 11.1. The quantitative estimate of drug-likeness (QED) is 0.788. The van der Waals surface area contributed by atoms with Crippen molar-refractivity contribution in [1.82, 2.24) is 0 Å². The van der Waals surface area contributed by atoms with E-state index in [9.17, 15) is 4.39 Å². The molecule has 0 saturated carbocycles. The predicted molar refractivity (Wildman–Crippen MR) is 81.9 cm³/mol. The number of rotatable bonds is 4. The molecule has 0 saturated heterocycles. The Balaban J connectivity index is 2.23. The van der Waals surface area contributed by atoms with Gasteiger partial charge >= 0.3 is 0 Å². The molecule has 1 N–H and O–H groups in total. The van der Waals surface area contributed by atoms with Crippen LogP contribution in [0.4, 0.5) is 10.1 Å². The zero-order valence-corrected chi connectivity index (χ0v) is 12.7. The fourth-order valence-electron chi connectivity index (χ4n) is 2.05. The number of benzene rings is 2. The lowest BCUT2D eigenvalue weighted by Crippen LogP contribution is -2.10. The van der Waals surface area contributed by atoms with Crippen molar-refractivity contribution in [2.45, 2.75) is 26.3 Å². The summed E-state index contributed by atoms with van der Waals surface area (Å²) < 4.78 is 14.8. The van der Waals surface area contributed by atoms with E-state index in [-0.39, 0.29) is 11.9 Å². The molecule has 0 aliphatic rings. The number of halogens is 2. The Morgan fingerprint density at radius 1 is 1.16 bits per heavy atom. The molecule has 0 radical (unpaired) electrons. The molecule has 0 heterocycles. The summed E-state index contributed by atoms with van der Waals surface area (Å²) in [6.45, 7) is 4.05. The fraction of sp³-hybridized carbons (Fsp3) is 0.250. The highest BCUT2D eigenvalue weighted by atomic mass is 79.9. The minimum atomic E-state index is -0.207. The van der Waals surface area contributed by atoms with Crippen LogP contribution >= 0.6 is 15.9 Å².